The molecule has 4 nitrogen and oxygen atoms in total. The summed E-state index contributed by atoms with van der Waals surface area (Å²) in [4.78, 5) is 11.8. The Bertz CT molecular complexity index is 661. The van der Waals surface area contributed by atoms with E-state index < -0.39 is 0 Å². The van der Waals surface area contributed by atoms with Crippen LogP contribution in [-0.4, -0.2) is 9.68 Å². The molecule has 0 aliphatic heterocycles. The van der Waals surface area contributed by atoms with Gasteiger partial charge in [0.05, 0.1) is 5.52 Å². The molecule has 2 aromatic rings. The first kappa shape index (κ1) is 11.6. The van der Waals surface area contributed by atoms with Crippen molar-refractivity contribution in [3.63, 3.8) is 0 Å². The van der Waals surface area contributed by atoms with E-state index in [9.17, 15) is 4.79 Å². The summed E-state index contributed by atoms with van der Waals surface area (Å²) < 4.78 is 1.63. The van der Waals surface area contributed by atoms with Crippen LogP contribution in [0.1, 0.15) is 5.56 Å². The normalized spacial score (nSPS) is 10.5. The van der Waals surface area contributed by atoms with Crippen LogP contribution in [0.5, 0.6) is 0 Å². The molecule has 3 N–H and O–H groups in total. The van der Waals surface area contributed by atoms with Crippen LogP contribution in [0, 0.1) is 6.92 Å². The van der Waals surface area contributed by atoms with Crippen molar-refractivity contribution in [2.75, 3.05) is 5.32 Å². The molecule has 0 aliphatic rings. The lowest BCUT2D eigenvalue weighted by molar-refractivity contribution is 0.893. The van der Waals surface area contributed by atoms with Crippen LogP contribution in [0.4, 0.5) is 5.69 Å². The molecule has 1 aromatic carbocycles. The third-order valence-corrected chi connectivity index (χ3v) is 2.77. The molecule has 0 atom stereocenters. The van der Waals surface area contributed by atoms with Gasteiger partial charge in [0, 0.05) is 23.7 Å². The number of fused-ring (bicyclic) bond motifs is 1. The highest BCUT2D eigenvalue weighted by Gasteiger charge is 2.04. The van der Waals surface area contributed by atoms with Crippen LogP contribution < -0.4 is 16.6 Å². The highest BCUT2D eigenvalue weighted by molar-refractivity contribution is 7.80. The SMILES string of the molecule is Cc1cc2cc(NC(N)=S)ccc2n(C)c1=O. The van der Waals surface area contributed by atoms with E-state index in [0.29, 0.717) is 5.56 Å². The topological polar surface area (TPSA) is 60.0 Å². The highest BCUT2D eigenvalue weighted by Crippen LogP contribution is 2.18. The van der Waals surface area contributed by atoms with Crippen molar-refractivity contribution in [1.29, 1.82) is 0 Å². The maximum Gasteiger partial charge on any atom is 0.253 e. The first-order valence-electron chi connectivity index (χ1n) is 5.16. The molecule has 0 unspecified atom stereocenters. The van der Waals surface area contributed by atoms with Gasteiger partial charge in [-0.1, -0.05) is 0 Å². The molecule has 0 bridgehead atoms. The lowest BCUT2D eigenvalue weighted by Gasteiger charge is -2.09. The second-order valence-corrected chi connectivity index (χ2v) is 4.39. The zero-order valence-corrected chi connectivity index (χ0v) is 10.5. The van der Waals surface area contributed by atoms with E-state index in [0.717, 1.165) is 16.6 Å². The molecule has 0 amide bonds. The first-order valence-corrected chi connectivity index (χ1v) is 5.56. The van der Waals surface area contributed by atoms with Gasteiger partial charge < -0.3 is 15.6 Å². The third kappa shape index (κ3) is 2.14. The predicted molar refractivity (Wildman–Crippen MR) is 74.3 cm³/mol. The van der Waals surface area contributed by atoms with Gasteiger partial charge in [0.15, 0.2) is 5.11 Å². The zero-order valence-electron chi connectivity index (χ0n) is 9.65. The molecule has 1 aromatic heterocycles. The number of hydrogen-bond donors (Lipinski definition) is 2. The average Bonchev–Trinajstić information content (AvgIpc) is 2.25. The van der Waals surface area contributed by atoms with Crippen molar-refractivity contribution in [2.45, 2.75) is 6.92 Å². The van der Waals surface area contributed by atoms with Crippen LogP contribution in [-0.2, 0) is 7.05 Å². The van der Waals surface area contributed by atoms with Gasteiger partial charge in [0.1, 0.15) is 0 Å². The Morgan fingerprint density at radius 3 is 2.76 bits per heavy atom. The van der Waals surface area contributed by atoms with E-state index >= 15 is 0 Å². The maximum atomic E-state index is 11.8. The van der Waals surface area contributed by atoms with Gasteiger partial charge in [0.2, 0.25) is 0 Å². The number of hydrogen-bond acceptors (Lipinski definition) is 2. The minimum atomic E-state index is 0.0209. The fourth-order valence-corrected chi connectivity index (χ4v) is 1.98. The number of aryl methyl sites for hydroxylation is 2. The molecule has 0 saturated heterocycles. The van der Waals surface area contributed by atoms with Crippen molar-refractivity contribution in [2.24, 2.45) is 12.8 Å². The molecule has 2 rings (SSSR count). The molecule has 5 heteroatoms. The Morgan fingerprint density at radius 1 is 1.41 bits per heavy atom. The van der Waals surface area contributed by atoms with E-state index in [4.69, 9.17) is 18.0 Å². The van der Waals surface area contributed by atoms with Crippen LogP contribution in [0.3, 0.4) is 0 Å². The van der Waals surface area contributed by atoms with Gasteiger partial charge in [-0.25, -0.2) is 0 Å². The largest absolute Gasteiger partial charge is 0.376 e. The molecular formula is C12H13N3OS. The Labute approximate surface area is 104 Å². The predicted octanol–water partition coefficient (Wildman–Crippen LogP) is 1.50. The summed E-state index contributed by atoms with van der Waals surface area (Å²) in [6.45, 7) is 1.80. The first-order chi connectivity index (χ1) is 7.99. The Morgan fingerprint density at radius 2 is 2.12 bits per heavy atom. The van der Waals surface area contributed by atoms with Gasteiger partial charge in [-0.2, -0.15) is 0 Å². The average molecular weight is 247 g/mol. The minimum absolute atomic E-state index is 0.0209. The van der Waals surface area contributed by atoms with Gasteiger partial charge in [-0.05, 0) is 43.4 Å². The summed E-state index contributed by atoms with van der Waals surface area (Å²) >= 11 is 4.78. The molecular weight excluding hydrogens is 234 g/mol. The molecule has 0 radical (unpaired) electrons. The van der Waals surface area contributed by atoms with Crippen molar-refractivity contribution in [3.8, 4) is 0 Å². The quantitative estimate of drug-likeness (QED) is 0.750. The Kier molecular flexibility index (Phi) is 2.85. The van der Waals surface area contributed by atoms with E-state index in [1.807, 2.05) is 24.3 Å². The second kappa shape index (κ2) is 4.18. The van der Waals surface area contributed by atoms with Gasteiger partial charge in [-0.3, -0.25) is 4.79 Å². The van der Waals surface area contributed by atoms with Crippen LogP contribution in [0.15, 0.2) is 29.1 Å². The summed E-state index contributed by atoms with van der Waals surface area (Å²) in [5.74, 6) is 0. The number of benzene rings is 1. The van der Waals surface area contributed by atoms with E-state index in [1.165, 1.54) is 0 Å². The van der Waals surface area contributed by atoms with E-state index in [-0.39, 0.29) is 10.7 Å². The Hall–Kier alpha value is -1.88. The monoisotopic (exact) mass is 247 g/mol. The van der Waals surface area contributed by atoms with Crippen LogP contribution in [0.25, 0.3) is 10.9 Å². The van der Waals surface area contributed by atoms with Crippen molar-refractivity contribution >= 4 is 33.9 Å². The molecule has 0 spiro atoms. The number of nitrogens with one attached hydrogen (secondary N) is 1. The molecule has 0 fully saturated rings. The van der Waals surface area contributed by atoms with Crippen molar-refractivity contribution < 1.29 is 0 Å². The number of rotatable bonds is 1. The molecule has 88 valence electrons. The summed E-state index contributed by atoms with van der Waals surface area (Å²) in [5, 5.41) is 4.08. The number of nitrogens with zero attached hydrogens (tertiary/aromatic N) is 1. The second-order valence-electron chi connectivity index (χ2n) is 3.95. The zero-order chi connectivity index (χ0) is 12.6. The summed E-state index contributed by atoms with van der Waals surface area (Å²) in [6.07, 6.45) is 0. The number of anilines is 1. The van der Waals surface area contributed by atoms with Crippen molar-refractivity contribution in [3.05, 3.63) is 40.2 Å². The number of pyridine rings is 1. The van der Waals surface area contributed by atoms with Gasteiger partial charge in [0.25, 0.3) is 5.56 Å². The van der Waals surface area contributed by atoms with Gasteiger partial charge >= 0.3 is 0 Å². The highest BCUT2D eigenvalue weighted by atomic mass is 32.1. The van der Waals surface area contributed by atoms with E-state index in [2.05, 4.69) is 5.32 Å². The minimum Gasteiger partial charge on any atom is -0.376 e. The lowest BCUT2D eigenvalue weighted by Crippen LogP contribution is -2.20. The molecule has 0 saturated carbocycles. The van der Waals surface area contributed by atoms with Gasteiger partial charge in [-0.15, -0.1) is 0 Å². The molecule has 17 heavy (non-hydrogen) atoms. The number of nitrogens with two attached hydrogens (primary N) is 1. The van der Waals surface area contributed by atoms with Crippen LogP contribution in [0.2, 0.25) is 0 Å². The van der Waals surface area contributed by atoms with E-state index in [1.54, 1.807) is 18.5 Å². The molecule has 0 aliphatic carbocycles. The smallest absolute Gasteiger partial charge is 0.253 e. The van der Waals surface area contributed by atoms with Crippen molar-refractivity contribution in [1.82, 2.24) is 4.57 Å². The lowest BCUT2D eigenvalue weighted by atomic mass is 10.1. The summed E-state index contributed by atoms with van der Waals surface area (Å²) in [6, 6.07) is 7.50. The Balaban J connectivity index is 2.67. The van der Waals surface area contributed by atoms with Crippen LogP contribution >= 0.6 is 12.2 Å². The summed E-state index contributed by atoms with van der Waals surface area (Å²) in [5.41, 5.74) is 7.86. The molecule has 1 heterocycles. The number of aromatic nitrogens is 1. The summed E-state index contributed by atoms with van der Waals surface area (Å²) in [7, 11) is 1.76. The fourth-order valence-electron chi connectivity index (χ4n) is 1.86. The third-order valence-electron chi connectivity index (χ3n) is 2.67. The standard InChI is InChI=1S/C12H13N3OS/c1-7-5-8-6-9(14-12(13)17)3-4-10(8)15(2)11(7)16/h3-6H,1-2H3,(H3,13,14,17). The fraction of sp³-hybridized carbons (Fsp3) is 0.167. The maximum absolute atomic E-state index is 11.8. The number of thiocarbonyl (C=S) groups is 1.